The molecule has 6 nitrogen and oxygen atoms in total. The van der Waals surface area contributed by atoms with Gasteiger partial charge in [0.1, 0.15) is 5.75 Å². The van der Waals surface area contributed by atoms with Crippen LogP contribution in [0.5, 0.6) is 5.75 Å². The molecule has 0 saturated heterocycles. The van der Waals surface area contributed by atoms with Gasteiger partial charge in [0, 0.05) is 30.9 Å². The van der Waals surface area contributed by atoms with Crippen molar-refractivity contribution < 1.29 is 9.53 Å². The van der Waals surface area contributed by atoms with Crippen LogP contribution in [0.15, 0.2) is 53.5 Å². The summed E-state index contributed by atoms with van der Waals surface area (Å²) in [6, 6.07) is 15.3. The quantitative estimate of drug-likeness (QED) is 0.839. The van der Waals surface area contributed by atoms with Crippen molar-refractivity contribution in [2.45, 2.75) is 13.5 Å². The third-order valence-electron chi connectivity index (χ3n) is 4.27. The molecule has 26 heavy (non-hydrogen) atoms. The van der Waals surface area contributed by atoms with Gasteiger partial charge >= 0.3 is 0 Å². The van der Waals surface area contributed by atoms with Crippen LogP contribution in [0.25, 0.3) is 0 Å². The summed E-state index contributed by atoms with van der Waals surface area (Å²) < 4.78 is 5.15. The molecule has 0 unspecified atom stereocenters. The first-order valence-corrected chi connectivity index (χ1v) is 8.77. The monoisotopic (exact) mass is 352 g/mol. The normalized spacial score (nSPS) is 12.9. The highest BCUT2D eigenvalue weighted by Gasteiger charge is 2.15. The van der Waals surface area contributed by atoms with Gasteiger partial charge in [0.15, 0.2) is 5.96 Å². The molecule has 1 amide bonds. The van der Waals surface area contributed by atoms with Crippen molar-refractivity contribution in [3.05, 3.63) is 59.7 Å². The minimum Gasteiger partial charge on any atom is -0.497 e. The van der Waals surface area contributed by atoms with E-state index < -0.39 is 0 Å². The Morgan fingerprint density at radius 1 is 1.19 bits per heavy atom. The summed E-state index contributed by atoms with van der Waals surface area (Å²) in [4.78, 5) is 18.9. The van der Waals surface area contributed by atoms with Gasteiger partial charge in [0.05, 0.1) is 13.7 Å². The van der Waals surface area contributed by atoms with E-state index in [0.29, 0.717) is 18.7 Å². The number of hydrogen-bond donors (Lipinski definition) is 2. The summed E-state index contributed by atoms with van der Waals surface area (Å²) in [5, 5.41) is 6.42. The lowest BCUT2D eigenvalue weighted by molar-refractivity contribution is 0.0752. The molecule has 0 atom stereocenters. The van der Waals surface area contributed by atoms with Crippen molar-refractivity contribution in [3.8, 4) is 5.75 Å². The Morgan fingerprint density at radius 2 is 1.92 bits per heavy atom. The summed E-state index contributed by atoms with van der Waals surface area (Å²) in [5.41, 5.74) is 2.73. The van der Waals surface area contributed by atoms with E-state index in [0.717, 1.165) is 36.0 Å². The van der Waals surface area contributed by atoms with Crippen LogP contribution >= 0.6 is 0 Å². The summed E-state index contributed by atoms with van der Waals surface area (Å²) in [5.74, 6) is 1.57. The average molecular weight is 352 g/mol. The van der Waals surface area contributed by atoms with E-state index >= 15 is 0 Å². The van der Waals surface area contributed by atoms with Crippen molar-refractivity contribution in [1.82, 2.24) is 10.2 Å². The molecule has 1 heterocycles. The smallest absolute Gasteiger partial charge is 0.254 e. The summed E-state index contributed by atoms with van der Waals surface area (Å²) in [7, 11) is 1.61. The second-order valence-electron chi connectivity index (χ2n) is 6.03. The van der Waals surface area contributed by atoms with Crippen LogP contribution in [0, 0.1) is 0 Å². The van der Waals surface area contributed by atoms with E-state index in [1.165, 1.54) is 0 Å². The first-order valence-electron chi connectivity index (χ1n) is 8.77. The van der Waals surface area contributed by atoms with Crippen molar-refractivity contribution in [3.63, 3.8) is 0 Å². The Balaban J connectivity index is 1.63. The molecule has 0 aromatic heterocycles. The van der Waals surface area contributed by atoms with Crippen molar-refractivity contribution in [2.75, 3.05) is 32.1 Å². The minimum atomic E-state index is 0.0156. The standard InChI is InChI=1S/C20H24N4O2/c1-3-24(19(25)16-6-10-18(26-2)11-7-16)14-15-4-8-17(9-5-15)23-20-21-12-13-22-20/h4-11H,3,12-14H2,1-2H3,(H2,21,22,23). The Bertz CT molecular complexity index is 769. The number of ether oxygens (including phenoxy) is 1. The number of aliphatic imine (C=N–C) groups is 1. The van der Waals surface area contributed by atoms with Gasteiger partial charge in [-0.15, -0.1) is 0 Å². The van der Waals surface area contributed by atoms with Crippen LogP contribution in [0.4, 0.5) is 5.69 Å². The zero-order valence-electron chi connectivity index (χ0n) is 15.2. The zero-order chi connectivity index (χ0) is 18.4. The molecule has 0 radical (unpaired) electrons. The second-order valence-corrected chi connectivity index (χ2v) is 6.03. The van der Waals surface area contributed by atoms with Crippen LogP contribution in [0.2, 0.25) is 0 Å². The molecule has 2 aromatic carbocycles. The Labute approximate surface area is 153 Å². The molecule has 6 heteroatoms. The molecule has 0 spiro atoms. The van der Waals surface area contributed by atoms with Gasteiger partial charge in [-0.05, 0) is 48.9 Å². The number of hydrogen-bond acceptors (Lipinski definition) is 5. The number of amides is 1. The Morgan fingerprint density at radius 3 is 2.50 bits per heavy atom. The SMILES string of the molecule is CCN(Cc1ccc(NC2=NCCN2)cc1)C(=O)c1ccc(OC)cc1. The maximum atomic E-state index is 12.7. The highest BCUT2D eigenvalue weighted by atomic mass is 16.5. The van der Waals surface area contributed by atoms with Gasteiger partial charge in [-0.2, -0.15) is 0 Å². The molecule has 3 rings (SSSR count). The summed E-state index contributed by atoms with van der Waals surface area (Å²) in [6.07, 6.45) is 0. The lowest BCUT2D eigenvalue weighted by Crippen LogP contribution is -2.30. The van der Waals surface area contributed by atoms with Crippen LogP contribution < -0.4 is 15.4 Å². The van der Waals surface area contributed by atoms with Crippen LogP contribution in [0.1, 0.15) is 22.8 Å². The number of nitrogens with one attached hydrogen (secondary N) is 2. The van der Waals surface area contributed by atoms with Crippen LogP contribution in [-0.2, 0) is 6.54 Å². The Hall–Kier alpha value is -3.02. The number of guanidine groups is 1. The van der Waals surface area contributed by atoms with Gasteiger partial charge in [0.25, 0.3) is 5.91 Å². The van der Waals surface area contributed by atoms with Gasteiger partial charge in [-0.1, -0.05) is 12.1 Å². The predicted molar refractivity (Wildman–Crippen MR) is 104 cm³/mol. The topological polar surface area (TPSA) is 66.0 Å². The number of rotatable bonds is 6. The first kappa shape index (κ1) is 17.8. The first-order chi connectivity index (χ1) is 12.7. The molecule has 0 aliphatic carbocycles. The number of carbonyl (C=O) groups is 1. The summed E-state index contributed by atoms with van der Waals surface area (Å²) in [6.45, 7) is 4.88. The molecule has 2 N–H and O–H groups in total. The second kappa shape index (κ2) is 8.38. The highest BCUT2D eigenvalue weighted by molar-refractivity contribution is 5.95. The average Bonchev–Trinajstić information content (AvgIpc) is 3.20. The lowest BCUT2D eigenvalue weighted by Gasteiger charge is -2.21. The largest absolute Gasteiger partial charge is 0.497 e. The van der Waals surface area contributed by atoms with Gasteiger partial charge in [0.2, 0.25) is 0 Å². The fraction of sp³-hybridized carbons (Fsp3) is 0.300. The lowest BCUT2D eigenvalue weighted by atomic mass is 10.1. The van der Waals surface area contributed by atoms with Gasteiger partial charge in [-0.3, -0.25) is 9.79 Å². The molecule has 0 fully saturated rings. The predicted octanol–water partition coefficient (Wildman–Crippen LogP) is 2.73. The number of anilines is 1. The van der Waals surface area contributed by atoms with E-state index in [2.05, 4.69) is 15.6 Å². The van der Waals surface area contributed by atoms with Crippen LogP contribution in [0.3, 0.4) is 0 Å². The van der Waals surface area contributed by atoms with E-state index in [9.17, 15) is 4.79 Å². The molecule has 136 valence electrons. The molecule has 1 aliphatic heterocycles. The van der Waals surface area contributed by atoms with Crippen molar-refractivity contribution >= 4 is 17.6 Å². The molecular weight excluding hydrogens is 328 g/mol. The maximum Gasteiger partial charge on any atom is 0.254 e. The molecule has 0 saturated carbocycles. The number of nitrogens with zero attached hydrogens (tertiary/aromatic N) is 2. The zero-order valence-corrected chi connectivity index (χ0v) is 15.2. The van der Waals surface area contributed by atoms with E-state index in [1.807, 2.05) is 36.1 Å². The summed E-state index contributed by atoms with van der Waals surface area (Å²) >= 11 is 0. The van der Waals surface area contributed by atoms with Crippen LogP contribution in [-0.4, -0.2) is 43.5 Å². The number of benzene rings is 2. The van der Waals surface area contributed by atoms with Gasteiger partial charge < -0.3 is 20.3 Å². The number of carbonyl (C=O) groups excluding carboxylic acids is 1. The highest BCUT2D eigenvalue weighted by Crippen LogP contribution is 2.16. The molecular formula is C20H24N4O2. The van der Waals surface area contributed by atoms with Gasteiger partial charge in [-0.25, -0.2) is 0 Å². The van der Waals surface area contributed by atoms with E-state index in [-0.39, 0.29) is 5.91 Å². The fourth-order valence-corrected chi connectivity index (χ4v) is 2.78. The van der Waals surface area contributed by atoms with Crippen molar-refractivity contribution in [1.29, 1.82) is 0 Å². The minimum absolute atomic E-state index is 0.0156. The Kier molecular flexibility index (Phi) is 5.73. The maximum absolute atomic E-state index is 12.7. The molecule has 1 aliphatic rings. The molecule has 2 aromatic rings. The third kappa shape index (κ3) is 4.33. The fourth-order valence-electron chi connectivity index (χ4n) is 2.78. The molecule has 0 bridgehead atoms. The van der Waals surface area contributed by atoms with E-state index in [1.54, 1.807) is 31.4 Å². The third-order valence-corrected chi connectivity index (χ3v) is 4.27. The number of methoxy groups -OCH3 is 1. The van der Waals surface area contributed by atoms with E-state index in [4.69, 9.17) is 4.74 Å². The van der Waals surface area contributed by atoms with Crippen molar-refractivity contribution in [2.24, 2.45) is 4.99 Å².